The molecule has 0 radical (unpaired) electrons. The van der Waals surface area contributed by atoms with Crippen LogP contribution >= 0.6 is 0 Å². The van der Waals surface area contributed by atoms with Crippen molar-refractivity contribution in [2.45, 2.75) is 25.9 Å². The van der Waals surface area contributed by atoms with Crippen LogP contribution in [0.3, 0.4) is 0 Å². The molecule has 104 valence electrons. The smallest absolute Gasteiger partial charge is 0.0570 e. The van der Waals surface area contributed by atoms with Gasteiger partial charge in [-0.25, -0.2) is 0 Å². The molecule has 1 aromatic heterocycles. The average molecular weight is 267 g/mol. The third-order valence-corrected chi connectivity index (χ3v) is 4.02. The third kappa shape index (κ3) is 2.68. The highest BCUT2D eigenvalue weighted by molar-refractivity contribution is 5.58. The molecule has 0 fully saturated rings. The molecule has 0 amide bonds. The molecule has 0 aliphatic carbocycles. The van der Waals surface area contributed by atoms with Gasteiger partial charge < -0.3 is 10.2 Å². The Bertz CT molecular complexity index is 580. The van der Waals surface area contributed by atoms with E-state index in [0.29, 0.717) is 0 Å². The van der Waals surface area contributed by atoms with Crippen molar-refractivity contribution in [1.29, 1.82) is 0 Å². The van der Waals surface area contributed by atoms with Crippen LogP contribution in [0.5, 0.6) is 0 Å². The van der Waals surface area contributed by atoms with Gasteiger partial charge in [0.15, 0.2) is 0 Å². The lowest BCUT2D eigenvalue weighted by molar-refractivity contribution is 0.561. The van der Waals surface area contributed by atoms with Gasteiger partial charge in [0.1, 0.15) is 0 Å². The Morgan fingerprint density at radius 2 is 2.20 bits per heavy atom. The minimum atomic E-state index is 0.270. The summed E-state index contributed by atoms with van der Waals surface area (Å²) in [5.41, 5.74) is 5.29. The Balaban J connectivity index is 1.64. The monoisotopic (exact) mass is 267 g/mol. The molecule has 20 heavy (non-hydrogen) atoms. The Labute approximate surface area is 120 Å². The third-order valence-electron chi connectivity index (χ3n) is 4.02. The summed E-state index contributed by atoms with van der Waals surface area (Å²) in [6, 6.07) is 13.1. The molecule has 0 saturated carbocycles. The first-order chi connectivity index (χ1) is 9.74. The van der Waals surface area contributed by atoms with Crippen LogP contribution < -0.4 is 10.2 Å². The number of aromatic nitrogens is 1. The molecule has 2 aromatic rings. The SMILES string of the molecule is C[C@@H](NCc1ccc2c(c1)CCN2C)c1ccccn1. The number of fused-ring (bicyclic) bond motifs is 1. The highest BCUT2D eigenvalue weighted by Crippen LogP contribution is 2.27. The molecule has 3 nitrogen and oxygen atoms in total. The van der Waals surface area contributed by atoms with Crippen LogP contribution in [-0.2, 0) is 13.0 Å². The Kier molecular flexibility index (Phi) is 3.70. The minimum Gasteiger partial charge on any atom is -0.374 e. The molecular weight excluding hydrogens is 246 g/mol. The predicted octanol–water partition coefficient (Wildman–Crippen LogP) is 2.92. The average Bonchev–Trinajstić information content (AvgIpc) is 2.87. The Morgan fingerprint density at radius 3 is 3.00 bits per heavy atom. The summed E-state index contributed by atoms with van der Waals surface area (Å²) in [5, 5.41) is 3.54. The van der Waals surface area contributed by atoms with Crippen molar-refractivity contribution in [3.8, 4) is 0 Å². The Hall–Kier alpha value is -1.87. The topological polar surface area (TPSA) is 28.2 Å². The van der Waals surface area contributed by atoms with E-state index in [1.165, 1.54) is 16.8 Å². The number of anilines is 1. The Morgan fingerprint density at radius 1 is 1.30 bits per heavy atom. The van der Waals surface area contributed by atoms with Crippen LogP contribution in [0.15, 0.2) is 42.6 Å². The molecule has 0 bridgehead atoms. The van der Waals surface area contributed by atoms with E-state index in [1.807, 2.05) is 18.3 Å². The number of benzene rings is 1. The fourth-order valence-electron chi connectivity index (χ4n) is 2.74. The quantitative estimate of drug-likeness (QED) is 0.923. The lowest BCUT2D eigenvalue weighted by atomic mass is 10.1. The summed E-state index contributed by atoms with van der Waals surface area (Å²) < 4.78 is 0. The maximum absolute atomic E-state index is 4.39. The molecule has 1 atom stereocenters. The van der Waals surface area contributed by atoms with Crippen LogP contribution in [0.2, 0.25) is 0 Å². The molecule has 0 saturated heterocycles. The first-order valence-electron chi connectivity index (χ1n) is 7.21. The predicted molar refractivity (Wildman–Crippen MR) is 82.9 cm³/mol. The van der Waals surface area contributed by atoms with Crippen molar-refractivity contribution in [2.75, 3.05) is 18.5 Å². The highest BCUT2D eigenvalue weighted by atomic mass is 15.1. The van der Waals surface area contributed by atoms with Gasteiger partial charge in [0.25, 0.3) is 0 Å². The van der Waals surface area contributed by atoms with Crippen LogP contribution in [0.25, 0.3) is 0 Å². The number of rotatable bonds is 4. The number of hydrogen-bond acceptors (Lipinski definition) is 3. The summed E-state index contributed by atoms with van der Waals surface area (Å²) in [5.74, 6) is 0. The van der Waals surface area contributed by atoms with Gasteiger partial charge in [0.2, 0.25) is 0 Å². The van der Waals surface area contributed by atoms with Gasteiger partial charge >= 0.3 is 0 Å². The first-order valence-corrected chi connectivity index (χ1v) is 7.21. The highest BCUT2D eigenvalue weighted by Gasteiger charge is 2.15. The molecule has 2 heterocycles. The number of nitrogens with zero attached hydrogens (tertiary/aromatic N) is 2. The van der Waals surface area contributed by atoms with Crippen molar-refractivity contribution in [2.24, 2.45) is 0 Å². The van der Waals surface area contributed by atoms with Crippen LogP contribution in [0.1, 0.15) is 29.8 Å². The van der Waals surface area contributed by atoms with Crippen LogP contribution in [-0.4, -0.2) is 18.6 Å². The molecule has 3 heteroatoms. The number of pyridine rings is 1. The maximum Gasteiger partial charge on any atom is 0.0570 e. The number of nitrogens with one attached hydrogen (secondary N) is 1. The van der Waals surface area contributed by atoms with Crippen molar-refractivity contribution in [3.63, 3.8) is 0 Å². The maximum atomic E-state index is 4.39. The van der Waals surface area contributed by atoms with Gasteiger partial charge in [-0.05, 0) is 42.7 Å². The number of hydrogen-bond donors (Lipinski definition) is 1. The molecule has 0 spiro atoms. The van der Waals surface area contributed by atoms with E-state index in [4.69, 9.17) is 0 Å². The zero-order valence-corrected chi connectivity index (χ0v) is 12.1. The second-order valence-electron chi connectivity index (χ2n) is 5.49. The van der Waals surface area contributed by atoms with Crippen molar-refractivity contribution < 1.29 is 0 Å². The molecule has 0 unspecified atom stereocenters. The van der Waals surface area contributed by atoms with Gasteiger partial charge in [-0.2, -0.15) is 0 Å². The summed E-state index contributed by atoms with van der Waals surface area (Å²) in [6.45, 7) is 4.18. The standard InChI is InChI=1S/C17H21N3/c1-13(16-5-3-4-9-18-16)19-12-14-6-7-17-15(11-14)8-10-20(17)2/h3-7,9,11,13,19H,8,10,12H2,1-2H3/t13-/m1/s1. The first kappa shape index (κ1) is 13.1. The van der Waals surface area contributed by atoms with Crippen molar-refractivity contribution in [1.82, 2.24) is 10.3 Å². The molecule has 1 aliphatic heterocycles. The molecule has 1 aliphatic rings. The summed E-state index contributed by atoms with van der Waals surface area (Å²) in [7, 11) is 2.16. The fourth-order valence-corrected chi connectivity index (χ4v) is 2.74. The van der Waals surface area contributed by atoms with E-state index < -0.39 is 0 Å². The van der Waals surface area contributed by atoms with Gasteiger partial charge in [-0.15, -0.1) is 0 Å². The van der Waals surface area contributed by atoms with Crippen molar-refractivity contribution >= 4 is 5.69 Å². The summed E-state index contributed by atoms with van der Waals surface area (Å²) >= 11 is 0. The van der Waals surface area contributed by atoms with E-state index in [9.17, 15) is 0 Å². The second kappa shape index (κ2) is 5.63. The zero-order valence-electron chi connectivity index (χ0n) is 12.1. The van der Waals surface area contributed by atoms with E-state index in [-0.39, 0.29) is 6.04 Å². The second-order valence-corrected chi connectivity index (χ2v) is 5.49. The summed E-state index contributed by atoms with van der Waals surface area (Å²) in [4.78, 5) is 6.71. The molecular formula is C17H21N3. The summed E-state index contributed by atoms with van der Waals surface area (Å²) in [6.07, 6.45) is 3.01. The largest absolute Gasteiger partial charge is 0.374 e. The fraction of sp³-hybridized carbons (Fsp3) is 0.353. The van der Waals surface area contributed by atoms with Crippen LogP contribution in [0.4, 0.5) is 5.69 Å². The molecule has 1 N–H and O–H groups in total. The van der Waals surface area contributed by atoms with E-state index in [2.05, 4.69) is 53.4 Å². The lowest BCUT2D eigenvalue weighted by Crippen LogP contribution is -2.19. The van der Waals surface area contributed by atoms with E-state index >= 15 is 0 Å². The number of likely N-dealkylation sites (N-methyl/N-ethyl adjacent to an activating group) is 1. The zero-order chi connectivity index (χ0) is 13.9. The normalized spacial score (nSPS) is 15.2. The van der Waals surface area contributed by atoms with Gasteiger partial charge in [0.05, 0.1) is 5.69 Å². The van der Waals surface area contributed by atoms with E-state index in [1.54, 1.807) is 0 Å². The van der Waals surface area contributed by atoms with Gasteiger partial charge in [-0.3, -0.25) is 4.98 Å². The van der Waals surface area contributed by atoms with Gasteiger partial charge in [0, 0.05) is 38.1 Å². The van der Waals surface area contributed by atoms with Crippen LogP contribution in [0, 0.1) is 0 Å². The van der Waals surface area contributed by atoms with E-state index in [0.717, 1.165) is 25.2 Å². The lowest BCUT2D eigenvalue weighted by Gasteiger charge is -2.15. The molecule has 1 aromatic carbocycles. The van der Waals surface area contributed by atoms with Gasteiger partial charge in [-0.1, -0.05) is 18.2 Å². The van der Waals surface area contributed by atoms with Crippen molar-refractivity contribution in [3.05, 3.63) is 59.4 Å². The minimum absolute atomic E-state index is 0.270. The molecule has 3 rings (SSSR count).